The maximum absolute atomic E-state index is 12.5. The van der Waals surface area contributed by atoms with E-state index >= 15 is 0 Å². The van der Waals surface area contributed by atoms with E-state index in [-0.39, 0.29) is 6.61 Å². The highest BCUT2D eigenvalue weighted by molar-refractivity contribution is 5.76. The first-order chi connectivity index (χ1) is 10.2. The topological polar surface area (TPSA) is 55.8 Å². The third-order valence-electron chi connectivity index (χ3n) is 4.99. The Labute approximate surface area is 128 Å². The predicted molar refractivity (Wildman–Crippen MR) is 84.1 cm³/mol. The van der Waals surface area contributed by atoms with Gasteiger partial charge >= 0.3 is 0 Å². The van der Waals surface area contributed by atoms with Crippen LogP contribution in [-0.2, 0) is 4.79 Å². The van der Waals surface area contributed by atoms with E-state index in [4.69, 9.17) is 5.11 Å². The zero-order valence-corrected chi connectivity index (χ0v) is 13.4. The van der Waals surface area contributed by atoms with Crippen molar-refractivity contribution in [1.82, 2.24) is 15.1 Å². The van der Waals surface area contributed by atoms with E-state index in [1.54, 1.807) is 0 Å². The van der Waals surface area contributed by atoms with Gasteiger partial charge in [0.2, 0.25) is 5.91 Å². The van der Waals surface area contributed by atoms with E-state index in [9.17, 15) is 4.79 Å². The molecule has 0 aromatic heterocycles. The summed E-state index contributed by atoms with van der Waals surface area (Å²) in [5.41, 5.74) is 0. The third-order valence-corrected chi connectivity index (χ3v) is 4.99. The summed E-state index contributed by atoms with van der Waals surface area (Å²) < 4.78 is 0. The summed E-state index contributed by atoms with van der Waals surface area (Å²) in [6, 6.07) is 0. The average Bonchev–Trinajstić information content (AvgIpc) is 2.74. The molecule has 0 bridgehead atoms. The second kappa shape index (κ2) is 8.71. The van der Waals surface area contributed by atoms with Gasteiger partial charge in [0, 0.05) is 32.6 Å². The van der Waals surface area contributed by atoms with Crippen molar-refractivity contribution in [1.29, 1.82) is 0 Å². The largest absolute Gasteiger partial charge is 0.395 e. The lowest BCUT2D eigenvalue weighted by Crippen LogP contribution is -2.39. The Balaban J connectivity index is 1.76. The van der Waals surface area contributed by atoms with E-state index in [0.29, 0.717) is 24.2 Å². The Hall–Kier alpha value is -0.650. The molecule has 0 spiro atoms. The molecular formula is C16H31N3O2. The van der Waals surface area contributed by atoms with Crippen LogP contribution in [-0.4, -0.2) is 73.2 Å². The highest BCUT2D eigenvalue weighted by Gasteiger charge is 2.25. The van der Waals surface area contributed by atoms with Gasteiger partial charge in [-0.2, -0.15) is 0 Å². The summed E-state index contributed by atoms with van der Waals surface area (Å²) in [5, 5.41) is 12.5. The van der Waals surface area contributed by atoms with Gasteiger partial charge < -0.3 is 15.3 Å². The van der Waals surface area contributed by atoms with Crippen molar-refractivity contribution in [2.24, 2.45) is 11.8 Å². The quantitative estimate of drug-likeness (QED) is 0.778. The molecule has 0 aromatic carbocycles. The molecule has 2 aliphatic rings. The fourth-order valence-electron chi connectivity index (χ4n) is 3.52. The Kier molecular flexibility index (Phi) is 6.93. The Morgan fingerprint density at radius 2 is 2.14 bits per heavy atom. The summed E-state index contributed by atoms with van der Waals surface area (Å²) in [6.45, 7) is 8.93. The van der Waals surface area contributed by atoms with Crippen LogP contribution in [0.1, 0.15) is 32.6 Å². The lowest BCUT2D eigenvalue weighted by molar-refractivity contribution is -0.132. The zero-order valence-electron chi connectivity index (χ0n) is 13.4. The number of hydrogen-bond donors (Lipinski definition) is 2. The smallest absolute Gasteiger partial charge is 0.222 e. The van der Waals surface area contributed by atoms with E-state index in [1.807, 2.05) is 4.90 Å². The summed E-state index contributed by atoms with van der Waals surface area (Å²) in [5.74, 6) is 1.45. The van der Waals surface area contributed by atoms with Gasteiger partial charge in [-0.25, -0.2) is 0 Å². The highest BCUT2D eigenvalue weighted by Crippen LogP contribution is 2.23. The van der Waals surface area contributed by atoms with Crippen molar-refractivity contribution in [2.45, 2.75) is 32.6 Å². The van der Waals surface area contributed by atoms with Crippen LogP contribution >= 0.6 is 0 Å². The monoisotopic (exact) mass is 297 g/mol. The van der Waals surface area contributed by atoms with Crippen molar-refractivity contribution in [3.63, 3.8) is 0 Å². The van der Waals surface area contributed by atoms with Crippen LogP contribution in [0, 0.1) is 11.8 Å². The van der Waals surface area contributed by atoms with Crippen LogP contribution in [0.3, 0.4) is 0 Å². The van der Waals surface area contributed by atoms with Crippen molar-refractivity contribution < 1.29 is 9.90 Å². The van der Waals surface area contributed by atoms with Gasteiger partial charge in [0.25, 0.3) is 0 Å². The molecule has 2 saturated heterocycles. The number of nitrogens with zero attached hydrogens (tertiary/aromatic N) is 2. The van der Waals surface area contributed by atoms with Gasteiger partial charge in [-0.15, -0.1) is 0 Å². The molecule has 2 aliphatic heterocycles. The zero-order chi connectivity index (χ0) is 15.1. The first kappa shape index (κ1) is 16.7. The summed E-state index contributed by atoms with van der Waals surface area (Å²) in [4.78, 5) is 16.8. The van der Waals surface area contributed by atoms with Gasteiger partial charge in [0.05, 0.1) is 6.61 Å². The van der Waals surface area contributed by atoms with Crippen LogP contribution in [0.15, 0.2) is 0 Å². The number of nitrogens with one attached hydrogen (secondary N) is 1. The van der Waals surface area contributed by atoms with E-state index in [2.05, 4.69) is 17.1 Å². The molecule has 2 atom stereocenters. The van der Waals surface area contributed by atoms with Crippen LogP contribution in [0.5, 0.6) is 0 Å². The van der Waals surface area contributed by atoms with Crippen LogP contribution in [0.25, 0.3) is 0 Å². The Morgan fingerprint density at radius 1 is 1.29 bits per heavy atom. The maximum Gasteiger partial charge on any atom is 0.222 e. The van der Waals surface area contributed by atoms with E-state index in [1.165, 1.54) is 12.8 Å². The first-order valence-corrected chi connectivity index (χ1v) is 8.52. The van der Waals surface area contributed by atoms with Crippen molar-refractivity contribution >= 4 is 5.91 Å². The van der Waals surface area contributed by atoms with E-state index < -0.39 is 0 Å². The third kappa shape index (κ3) is 5.24. The minimum atomic E-state index is 0.208. The second-order valence-electron chi connectivity index (χ2n) is 6.59. The predicted octanol–water partition coefficient (Wildman–Crippen LogP) is 0.539. The fraction of sp³-hybridized carbons (Fsp3) is 0.938. The molecule has 0 saturated carbocycles. The van der Waals surface area contributed by atoms with Gasteiger partial charge in [0.1, 0.15) is 0 Å². The molecule has 2 unspecified atom stereocenters. The molecule has 5 heteroatoms. The molecule has 1 amide bonds. The summed E-state index contributed by atoms with van der Waals surface area (Å²) in [7, 11) is 0. The van der Waals surface area contributed by atoms with Gasteiger partial charge in [0.15, 0.2) is 0 Å². The number of hydrogen-bond acceptors (Lipinski definition) is 4. The van der Waals surface area contributed by atoms with E-state index in [0.717, 1.165) is 52.2 Å². The van der Waals surface area contributed by atoms with Crippen LogP contribution < -0.4 is 5.32 Å². The Morgan fingerprint density at radius 3 is 2.86 bits per heavy atom. The fourth-order valence-corrected chi connectivity index (χ4v) is 3.52. The molecule has 2 N–H and O–H groups in total. The van der Waals surface area contributed by atoms with Gasteiger partial charge in [-0.1, -0.05) is 6.92 Å². The minimum Gasteiger partial charge on any atom is -0.395 e. The number of carbonyl (C=O) groups is 1. The van der Waals surface area contributed by atoms with Crippen LogP contribution in [0.4, 0.5) is 0 Å². The first-order valence-electron chi connectivity index (χ1n) is 8.52. The molecule has 2 fully saturated rings. The second-order valence-corrected chi connectivity index (χ2v) is 6.59. The maximum atomic E-state index is 12.5. The lowest BCUT2D eigenvalue weighted by Gasteiger charge is -2.30. The number of rotatable bonds is 5. The van der Waals surface area contributed by atoms with Gasteiger partial charge in [-0.3, -0.25) is 9.69 Å². The number of aliphatic hydroxyl groups is 1. The molecular weight excluding hydrogens is 266 g/mol. The number of carbonyl (C=O) groups excluding carboxylic acids is 1. The highest BCUT2D eigenvalue weighted by atomic mass is 16.3. The SMILES string of the molecule is CC(CC(=O)N1CCCN(CCO)CC1)C1CCCNC1. The minimum absolute atomic E-state index is 0.208. The molecule has 2 rings (SSSR count). The summed E-state index contributed by atoms with van der Waals surface area (Å²) >= 11 is 0. The number of β-amino-alcohol motifs (C(OH)–C–C–N with tert-alkyl or cyclic N) is 1. The Bertz CT molecular complexity index is 319. The van der Waals surface area contributed by atoms with Crippen LogP contribution in [0.2, 0.25) is 0 Å². The lowest BCUT2D eigenvalue weighted by atomic mass is 9.85. The summed E-state index contributed by atoms with van der Waals surface area (Å²) in [6.07, 6.45) is 4.20. The normalized spacial score (nSPS) is 26.4. The molecule has 5 nitrogen and oxygen atoms in total. The standard InChI is InChI=1S/C16H31N3O2/c1-14(15-4-2-5-17-13-15)12-16(21)19-7-3-6-18(8-9-19)10-11-20/h14-15,17,20H,2-13H2,1H3. The van der Waals surface area contributed by atoms with Crippen molar-refractivity contribution in [2.75, 3.05) is 52.4 Å². The molecule has 0 aromatic rings. The average molecular weight is 297 g/mol. The number of amides is 1. The number of piperidine rings is 1. The molecule has 2 heterocycles. The molecule has 21 heavy (non-hydrogen) atoms. The molecule has 0 aliphatic carbocycles. The van der Waals surface area contributed by atoms with Crippen molar-refractivity contribution in [3.8, 4) is 0 Å². The molecule has 0 radical (unpaired) electrons. The van der Waals surface area contributed by atoms with Gasteiger partial charge in [-0.05, 0) is 50.7 Å². The van der Waals surface area contributed by atoms with Crippen molar-refractivity contribution in [3.05, 3.63) is 0 Å². The molecule has 122 valence electrons. The number of aliphatic hydroxyl groups excluding tert-OH is 1.